The van der Waals surface area contributed by atoms with Crippen LogP contribution in [0.15, 0.2) is 10.6 Å². The third kappa shape index (κ3) is 2.85. The summed E-state index contributed by atoms with van der Waals surface area (Å²) < 4.78 is 5.34. The molecule has 1 N–H and O–H groups in total. The summed E-state index contributed by atoms with van der Waals surface area (Å²) in [5.41, 5.74) is 0.963. The normalized spacial score (nSPS) is 20.9. The molecular formula is C12H18N2O3. The highest BCUT2D eigenvalue weighted by atomic mass is 16.5. The maximum Gasteiger partial charge on any atom is 0.304 e. The van der Waals surface area contributed by atoms with Crippen LogP contribution < -0.4 is 0 Å². The van der Waals surface area contributed by atoms with E-state index in [-0.39, 0.29) is 12.5 Å². The van der Waals surface area contributed by atoms with Crippen LogP contribution >= 0.6 is 0 Å². The molecule has 1 saturated heterocycles. The van der Waals surface area contributed by atoms with Crippen molar-refractivity contribution in [3.05, 3.63) is 17.5 Å². The van der Waals surface area contributed by atoms with Crippen molar-refractivity contribution < 1.29 is 14.4 Å². The Balaban J connectivity index is 2.00. The minimum absolute atomic E-state index is 0.186. The largest absolute Gasteiger partial charge is 0.481 e. The van der Waals surface area contributed by atoms with Crippen LogP contribution in [0.2, 0.25) is 0 Å². The molecule has 1 aliphatic rings. The van der Waals surface area contributed by atoms with E-state index in [1.165, 1.54) is 0 Å². The van der Waals surface area contributed by atoms with E-state index in [0.717, 1.165) is 37.3 Å². The highest BCUT2D eigenvalue weighted by molar-refractivity contribution is 5.66. The van der Waals surface area contributed by atoms with Gasteiger partial charge in [0.2, 0.25) is 0 Å². The second-order valence-electron chi connectivity index (χ2n) is 4.41. The molecule has 0 saturated carbocycles. The van der Waals surface area contributed by atoms with Gasteiger partial charge in [0, 0.05) is 12.6 Å². The first kappa shape index (κ1) is 12.1. The average Bonchev–Trinajstić information content (AvgIpc) is 2.94. The summed E-state index contributed by atoms with van der Waals surface area (Å²) in [4.78, 5) is 12.8. The SMILES string of the molecule is CCc1cc([C@H]2CCCN2CCC(=O)O)on1. The molecule has 1 fully saturated rings. The molecule has 5 nitrogen and oxygen atoms in total. The van der Waals surface area contributed by atoms with E-state index in [9.17, 15) is 4.79 Å². The molecule has 0 aromatic carbocycles. The summed E-state index contributed by atoms with van der Waals surface area (Å²) in [5.74, 6) is 0.132. The van der Waals surface area contributed by atoms with E-state index in [2.05, 4.69) is 10.1 Å². The Morgan fingerprint density at radius 2 is 2.53 bits per heavy atom. The van der Waals surface area contributed by atoms with Crippen molar-refractivity contribution in [1.29, 1.82) is 0 Å². The Hall–Kier alpha value is -1.36. The number of rotatable bonds is 5. The van der Waals surface area contributed by atoms with Gasteiger partial charge in [-0.25, -0.2) is 0 Å². The molecule has 0 aliphatic carbocycles. The summed E-state index contributed by atoms with van der Waals surface area (Å²) in [7, 11) is 0. The predicted octanol–water partition coefficient (Wildman–Crippen LogP) is 1.85. The van der Waals surface area contributed by atoms with Gasteiger partial charge in [0.15, 0.2) is 5.76 Å². The fourth-order valence-electron chi connectivity index (χ4n) is 2.31. The molecule has 17 heavy (non-hydrogen) atoms. The lowest BCUT2D eigenvalue weighted by Gasteiger charge is -2.21. The number of aliphatic carboxylic acids is 1. The number of aryl methyl sites for hydroxylation is 1. The van der Waals surface area contributed by atoms with Crippen LogP contribution in [0.5, 0.6) is 0 Å². The van der Waals surface area contributed by atoms with E-state index in [1.807, 2.05) is 13.0 Å². The zero-order chi connectivity index (χ0) is 12.3. The molecule has 0 radical (unpaired) electrons. The van der Waals surface area contributed by atoms with Gasteiger partial charge in [0.05, 0.1) is 18.2 Å². The second kappa shape index (κ2) is 5.31. The Morgan fingerprint density at radius 3 is 3.18 bits per heavy atom. The van der Waals surface area contributed by atoms with Crippen molar-refractivity contribution in [3.8, 4) is 0 Å². The highest BCUT2D eigenvalue weighted by Crippen LogP contribution is 2.32. The molecule has 94 valence electrons. The van der Waals surface area contributed by atoms with Crippen molar-refractivity contribution in [2.45, 2.75) is 38.6 Å². The van der Waals surface area contributed by atoms with Crippen LogP contribution in [-0.4, -0.2) is 34.2 Å². The fraction of sp³-hybridized carbons (Fsp3) is 0.667. The van der Waals surface area contributed by atoms with E-state index in [4.69, 9.17) is 9.63 Å². The summed E-state index contributed by atoms with van der Waals surface area (Å²) in [5, 5.41) is 12.7. The second-order valence-corrected chi connectivity index (χ2v) is 4.41. The molecule has 0 bridgehead atoms. The average molecular weight is 238 g/mol. The molecule has 0 amide bonds. The smallest absolute Gasteiger partial charge is 0.304 e. The number of hydrogen-bond donors (Lipinski definition) is 1. The fourth-order valence-corrected chi connectivity index (χ4v) is 2.31. The molecule has 1 aromatic heterocycles. The predicted molar refractivity (Wildman–Crippen MR) is 61.7 cm³/mol. The minimum Gasteiger partial charge on any atom is -0.481 e. The Labute approximate surface area is 100 Å². The quantitative estimate of drug-likeness (QED) is 0.848. The summed E-state index contributed by atoms with van der Waals surface area (Å²) in [6.45, 7) is 3.57. The number of hydrogen-bond acceptors (Lipinski definition) is 4. The van der Waals surface area contributed by atoms with Crippen molar-refractivity contribution in [3.63, 3.8) is 0 Å². The molecule has 0 spiro atoms. The van der Waals surface area contributed by atoms with Gasteiger partial charge < -0.3 is 9.63 Å². The van der Waals surface area contributed by atoms with Gasteiger partial charge in [0.25, 0.3) is 0 Å². The Kier molecular flexibility index (Phi) is 3.78. The van der Waals surface area contributed by atoms with Crippen molar-refractivity contribution >= 4 is 5.97 Å². The lowest BCUT2D eigenvalue weighted by molar-refractivity contribution is -0.137. The Morgan fingerprint density at radius 1 is 1.71 bits per heavy atom. The van der Waals surface area contributed by atoms with Gasteiger partial charge in [-0.1, -0.05) is 12.1 Å². The van der Waals surface area contributed by atoms with Crippen LogP contribution in [-0.2, 0) is 11.2 Å². The monoisotopic (exact) mass is 238 g/mol. The van der Waals surface area contributed by atoms with Gasteiger partial charge in [-0.15, -0.1) is 0 Å². The first-order chi connectivity index (χ1) is 8.20. The maximum atomic E-state index is 10.6. The first-order valence-corrected chi connectivity index (χ1v) is 6.12. The minimum atomic E-state index is -0.748. The van der Waals surface area contributed by atoms with E-state index in [0.29, 0.717) is 6.54 Å². The first-order valence-electron chi connectivity index (χ1n) is 6.12. The van der Waals surface area contributed by atoms with Gasteiger partial charge in [-0.05, 0) is 25.8 Å². The van der Waals surface area contributed by atoms with Gasteiger partial charge in [-0.3, -0.25) is 9.69 Å². The standard InChI is InChI=1S/C12H18N2O3/c1-2-9-8-11(17-13-9)10-4-3-6-14(10)7-5-12(15)16/h8,10H,2-7H2,1H3,(H,15,16)/t10-/m1/s1. The lowest BCUT2D eigenvalue weighted by Crippen LogP contribution is -2.25. The number of nitrogens with zero attached hydrogens (tertiary/aromatic N) is 2. The summed E-state index contributed by atoms with van der Waals surface area (Å²) in [6, 6.07) is 2.20. The number of likely N-dealkylation sites (tertiary alicyclic amines) is 1. The number of aromatic nitrogens is 1. The molecule has 1 aliphatic heterocycles. The summed E-state index contributed by atoms with van der Waals surface area (Å²) in [6.07, 6.45) is 3.17. The van der Waals surface area contributed by atoms with E-state index >= 15 is 0 Å². The third-order valence-corrected chi connectivity index (χ3v) is 3.24. The zero-order valence-electron chi connectivity index (χ0n) is 10.1. The molecule has 2 rings (SSSR count). The molecular weight excluding hydrogens is 220 g/mol. The van der Waals surface area contributed by atoms with Crippen LogP contribution in [0.4, 0.5) is 0 Å². The topological polar surface area (TPSA) is 66.6 Å². The molecule has 1 aromatic rings. The molecule has 2 heterocycles. The van der Waals surface area contributed by atoms with Crippen LogP contribution in [0.3, 0.4) is 0 Å². The number of carboxylic acid groups (broad SMARTS) is 1. The van der Waals surface area contributed by atoms with E-state index in [1.54, 1.807) is 0 Å². The van der Waals surface area contributed by atoms with Crippen molar-refractivity contribution in [2.24, 2.45) is 0 Å². The van der Waals surface area contributed by atoms with Crippen LogP contribution in [0.25, 0.3) is 0 Å². The van der Waals surface area contributed by atoms with Gasteiger partial charge in [0.1, 0.15) is 0 Å². The van der Waals surface area contributed by atoms with Crippen molar-refractivity contribution in [1.82, 2.24) is 10.1 Å². The van der Waals surface area contributed by atoms with Gasteiger partial charge in [-0.2, -0.15) is 0 Å². The maximum absolute atomic E-state index is 10.6. The van der Waals surface area contributed by atoms with Gasteiger partial charge >= 0.3 is 5.97 Å². The Bertz CT molecular complexity index is 389. The zero-order valence-corrected chi connectivity index (χ0v) is 10.1. The lowest BCUT2D eigenvalue weighted by atomic mass is 10.1. The van der Waals surface area contributed by atoms with E-state index < -0.39 is 5.97 Å². The molecule has 1 atom stereocenters. The van der Waals surface area contributed by atoms with Crippen LogP contribution in [0, 0.1) is 0 Å². The van der Waals surface area contributed by atoms with Crippen LogP contribution in [0.1, 0.15) is 43.7 Å². The number of carboxylic acids is 1. The number of carbonyl (C=O) groups is 1. The third-order valence-electron chi connectivity index (χ3n) is 3.24. The molecule has 0 unspecified atom stereocenters. The molecule has 5 heteroatoms. The van der Waals surface area contributed by atoms with Crippen molar-refractivity contribution in [2.75, 3.05) is 13.1 Å². The summed E-state index contributed by atoms with van der Waals surface area (Å²) >= 11 is 0. The highest BCUT2D eigenvalue weighted by Gasteiger charge is 2.29.